The summed E-state index contributed by atoms with van der Waals surface area (Å²) in [7, 11) is 0. The highest BCUT2D eigenvalue weighted by Crippen LogP contribution is 2.22. The lowest BCUT2D eigenvalue weighted by atomic mass is 10.0. The van der Waals surface area contributed by atoms with Crippen molar-refractivity contribution in [3.05, 3.63) is 42.0 Å². The molecule has 0 heterocycles. The lowest BCUT2D eigenvalue weighted by molar-refractivity contribution is 0.242. The molecule has 0 fully saturated rings. The van der Waals surface area contributed by atoms with E-state index in [9.17, 15) is 0 Å². The van der Waals surface area contributed by atoms with Gasteiger partial charge in [-0.05, 0) is 51.3 Å². The monoisotopic (exact) mass is 233 g/mol. The first-order chi connectivity index (χ1) is 7.99. The molecule has 1 unspecified atom stereocenters. The van der Waals surface area contributed by atoms with Gasteiger partial charge in [-0.25, -0.2) is 0 Å². The fourth-order valence-corrected chi connectivity index (χ4v) is 1.66. The molecule has 0 amide bonds. The maximum atomic E-state index is 6.15. The molecule has 0 saturated carbocycles. The second kappa shape index (κ2) is 6.45. The van der Waals surface area contributed by atoms with Crippen LogP contribution in [0.3, 0.4) is 0 Å². The molecule has 17 heavy (non-hydrogen) atoms. The quantitative estimate of drug-likeness (QED) is 0.758. The molecular formula is C15H23NO. The summed E-state index contributed by atoms with van der Waals surface area (Å²) in [4.78, 5) is 0. The third-order valence-electron chi connectivity index (χ3n) is 2.54. The summed E-state index contributed by atoms with van der Waals surface area (Å²) in [6, 6.07) is 8.10. The average Bonchev–Trinajstić information content (AvgIpc) is 2.25. The van der Waals surface area contributed by atoms with Crippen LogP contribution in [0.1, 0.15) is 45.2 Å². The van der Waals surface area contributed by atoms with E-state index in [0.717, 1.165) is 24.2 Å². The predicted octanol–water partition coefficient (Wildman–Crippen LogP) is 3.83. The van der Waals surface area contributed by atoms with Crippen LogP contribution in [0.15, 0.2) is 36.4 Å². The molecule has 0 aliphatic heterocycles. The predicted molar refractivity (Wildman–Crippen MR) is 73.2 cm³/mol. The van der Waals surface area contributed by atoms with E-state index in [1.807, 2.05) is 39.0 Å². The van der Waals surface area contributed by atoms with E-state index in [4.69, 9.17) is 10.5 Å². The Balaban J connectivity index is 2.66. The van der Waals surface area contributed by atoms with Crippen LogP contribution in [0.5, 0.6) is 5.75 Å². The second-order valence-corrected chi connectivity index (χ2v) is 4.84. The summed E-state index contributed by atoms with van der Waals surface area (Å²) in [5.41, 5.74) is 8.45. The Kier molecular flexibility index (Phi) is 5.23. The standard InChI is InChI=1S/C15H23NO/c1-11(2)8-9-15(16)13-6-5-7-14(10-13)17-12(3)4/h5-7,10,12,15H,1,8-9,16H2,2-4H3. The Morgan fingerprint density at radius 2 is 2.12 bits per heavy atom. The van der Waals surface area contributed by atoms with Gasteiger partial charge in [0.2, 0.25) is 0 Å². The third kappa shape index (κ3) is 5.05. The topological polar surface area (TPSA) is 35.2 Å². The van der Waals surface area contributed by atoms with Gasteiger partial charge in [0, 0.05) is 6.04 Å². The second-order valence-electron chi connectivity index (χ2n) is 4.84. The Morgan fingerprint density at radius 3 is 2.71 bits per heavy atom. The first-order valence-electron chi connectivity index (χ1n) is 6.15. The Labute approximate surface area is 104 Å². The van der Waals surface area contributed by atoms with Crippen molar-refractivity contribution in [3.63, 3.8) is 0 Å². The molecule has 1 aromatic carbocycles. The number of hydrogen-bond donors (Lipinski definition) is 1. The van der Waals surface area contributed by atoms with Gasteiger partial charge in [-0.3, -0.25) is 0 Å². The van der Waals surface area contributed by atoms with Crippen molar-refractivity contribution in [2.75, 3.05) is 0 Å². The van der Waals surface area contributed by atoms with Gasteiger partial charge in [0.05, 0.1) is 6.10 Å². The first-order valence-corrected chi connectivity index (χ1v) is 6.15. The molecule has 2 heteroatoms. The molecule has 1 rings (SSSR count). The lowest BCUT2D eigenvalue weighted by Gasteiger charge is -2.15. The average molecular weight is 233 g/mol. The Hall–Kier alpha value is -1.28. The molecule has 0 bridgehead atoms. The van der Waals surface area contributed by atoms with Crippen molar-refractivity contribution in [3.8, 4) is 5.75 Å². The van der Waals surface area contributed by atoms with Gasteiger partial charge in [-0.2, -0.15) is 0 Å². The summed E-state index contributed by atoms with van der Waals surface area (Å²) < 4.78 is 5.66. The zero-order valence-electron chi connectivity index (χ0n) is 11.1. The number of hydrogen-bond acceptors (Lipinski definition) is 2. The first kappa shape index (κ1) is 13.8. The summed E-state index contributed by atoms with van der Waals surface area (Å²) in [6.07, 6.45) is 2.09. The number of nitrogens with two attached hydrogens (primary N) is 1. The van der Waals surface area contributed by atoms with E-state index in [0.29, 0.717) is 0 Å². The molecule has 94 valence electrons. The summed E-state index contributed by atoms with van der Waals surface area (Å²) in [5.74, 6) is 0.892. The fourth-order valence-electron chi connectivity index (χ4n) is 1.66. The van der Waals surface area contributed by atoms with Crippen molar-refractivity contribution < 1.29 is 4.74 Å². The van der Waals surface area contributed by atoms with Gasteiger partial charge in [0.1, 0.15) is 5.75 Å². The van der Waals surface area contributed by atoms with Crippen LogP contribution in [-0.2, 0) is 0 Å². The van der Waals surface area contributed by atoms with Gasteiger partial charge in [0.25, 0.3) is 0 Å². The molecule has 2 N–H and O–H groups in total. The normalized spacial score (nSPS) is 12.5. The van der Waals surface area contributed by atoms with Crippen LogP contribution in [-0.4, -0.2) is 6.10 Å². The van der Waals surface area contributed by atoms with E-state index in [2.05, 4.69) is 12.6 Å². The van der Waals surface area contributed by atoms with Crippen LogP contribution in [0.25, 0.3) is 0 Å². The zero-order valence-corrected chi connectivity index (χ0v) is 11.1. The molecule has 0 saturated heterocycles. The van der Waals surface area contributed by atoms with Gasteiger partial charge in [-0.15, -0.1) is 6.58 Å². The van der Waals surface area contributed by atoms with Crippen molar-refractivity contribution >= 4 is 0 Å². The molecule has 0 radical (unpaired) electrons. The van der Waals surface area contributed by atoms with Gasteiger partial charge in [0.15, 0.2) is 0 Å². The van der Waals surface area contributed by atoms with E-state index < -0.39 is 0 Å². The van der Waals surface area contributed by atoms with E-state index in [1.54, 1.807) is 0 Å². The van der Waals surface area contributed by atoms with E-state index in [1.165, 1.54) is 5.57 Å². The molecule has 2 nitrogen and oxygen atoms in total. The molecule has 0 aliphatic carbocycles. The highest BCUT2D eigenvalue weighted by molar-refractivity contribution is 5.30. The van der Waals surface area contributed by atoms with Crippen LogP contribution >= 0.6 is 0 Å². The number of allylic oxidation sites excluding steroid dienone is 1. The smallest absolute Gasteiger partial charge is 0.120 e. The minimum Gasteiger partial charge on any atom is -0.491 e. The SMILES string of the molecule is C=C(C)CCC(N)c1cccc(OC(C)C)c1. The van der Waals surface area contributed by atoms with Crippen molar-refractivity contribution in [1.29, 1.82) is 0 Å². The largest absolute Gasteiger partial charge is 0.491 e. The van der Waals surface area contributed by atoms with Gasteiger partial charge >= 0.3 is 0 Å². The van der Waals surface area contributed by atoms with Crippen molar-refractivity contribution in [2.45, 2.75) is 45.8 Å². The summed E-state index contributed by atoms with van der Waals surface area (Å²) >= 11 is 0. The van der Waals surface area contributed by atoms with Gasteiger partial charge in [-0.1, -0.05) is 17.7 Å². The molecule has 0 spiro atoms. The number of rotatable bonds is 6. The molecule has 0 aliphatic rings. The van der Waals surface area contributed by atoms with Gasteiger partial charge < -0.3 is 10.5 Å². The van der Waals surface area contributed by atoms with Crippen LogP contribution in [0.2, 0.25) is 0 Å². The van der Waals surface area contributed by atoms with E-state index >= 15 is 0 Å². The molecule has 1 atom stereocenters. The van der Waals surface area contributed by atoms with Crippen molar-refractivity contribution in [1.82, 2.24) is 0 Å². The highest BCUT2D eigenvalue weighted by atomic mass is 16.5. The summed E-state index contributed by atoms with van der Waals surface area (Å²) in [6.45, 7) is 9.97. The molecule has 0 aromatic heterocycles. The Bertz CT molecular complexity index is 371. The lowest BCUT2D eigenvalue weighted by Crippen LogP contribution is -2.11. The maximum Gasteiger partial charge on any atom is 0.120 e. The maximum absolute atomic E-state index is 6.15. The van der Waals surface area contributed by atoms with Crippen molar-refractivity contribution in [2.24, 2.45) is 5.73 Å². The highest BCUT2D eigenvalue weighted by Gasteiger charge is 2.07. The summed E-state index contributed by atoms with van der Waals surface area (Å²) in [5, 5.41) is 0. The van der Waals surface area contributed by atoms with E-state index in [-0.39, 0.29) is 12.1 Å². The minimum atomic E-state index is 0.0578. The van der Waals surface area contributed by atoms with Crippen LogP contribution in [0.4, 0.5) is 0 Å². The number of benzene rings is 1. The Morgan fingerprint density at radius 1 is 1.41 bits per heavy atom. The minimum absolute atomic E-state index is 0.0578. The number of ether oxygens (including phenoxy) is 1. The fraction of sp³-hybridized carbons (Fsp3) is 0.467. The molecule has 1 aromatic rings. The molecular weight excluding hydrogens is 210 g/mol. The zero-order chi connectivity index (χ0) is 12.8. The third-order valence-corrected chi connectivity index (χ3v) is 2.54. The van der Waals surface area contributed by atoms with Crippen LogP contribution in [0, 0.1) is 0 Å². The van der Waals surface area contributed by atoms with Crippen LogP contribution < -0.4 is 10.5 Å².